The van der Waals surface area contributed by atoms with Crippen LogP contribution in [0, 0.1) is 0 Å². The molecule has 1 aliphatic rings. The molecule has 0 atom stereocenters. The van der Waals surface area contributed by atoms with E-state index in [0.29, 0.717) is 16.0 Å². The van der Waals surface area contributed by atoms with Crippen LogP contribution in [0.25, 0.3) is 11.4 Å². The van der Waals surface area contributed by atoms with E-state index in [1.54, 1.807) is 12.1 Å². The molecule has 2 N–H and O–H groups in total. The van der Waals surface area contributed by atoms with Crippen LogP contribution in [-0.2, 0) is 12.8 Å². The van der Waals surface area contributed by atoms with Crippen molar-refractivity contribution in [3.8, 4) is 22.9 Å². The van der Waals surface area contributed by atoms with Crippen LogP contribution < -0.4 is 10.1 Å². The van der Waals surface area contributed by atoms with Crippen molar-refractivity contribution in [2.75, 3.05) is 19.5 Å². The van der Waals surface area contributed by atoms with Gasteiger partial charge >= 0.3 is 0 Å². The van der Waals surface area contributed by atoms with Crippen molar-refractivity contribution in [2.45, 2.75) is 19.3 Å². The molecule has 2 aromatic rings. The Morgan fingerprint density at radius 1 is 1.29 bits per heavy atom. The number of aromatic nitrogens is 2. The van der Waals surface area contributed by atoms with Gasteiger partial charge in [0.25, 0.3) is 0 Å². The van der Waals surface area contributed by atoms with Crippen LogP contribution in [0.4, 0.5) is 5.82 Å². The van der Waals surface area contributed by atoms with Crippen LogP contribution in [0.15, 0.2) is 16.6 Å². The van der Waals surface area contributed by atoms with Crippen LogP contribution in [0.2, 0.25) is 0 Å². The Hall–Kier alpha value is -1.82. The van der Waals surface area contributed by atoms with E-state index in [1.165, 1.54) is 12.7 Å². The number of hydrogen-bond acceptors (Lipinski definition) is 5. The van der Waals surface area contributed by atoms with Gasteiger partial charge in [-0.1, -0.05) is 0 Å². The number of nitrogens with one attached hydrogen (secondary N) is 1. The molecule has 1 heterocycles. The van der Waals surface area contributed by atoms with Crippen molar-refractivity contribution < 1.29 is 9.84 Å². The largest absolute Gasteiger partial charge is 0.503 e. The Kier molecular flexibility index (Phi) is 3.71. The third kappa shape index (κ3) is 2.44. The van der Waals surface area contributed by atoms with Gasteiger partial charge in [-0.05, 0) is 47.3 Å². The van der Waals surface area contributed by atoms with Gasteiger partial charge in [-0.15, -0.1) is 0 Å². The maximum Gasteiger partial charge on any atom is 0.172 e. The van der Waals surface area contributed by atoms with Gasteiger partial charge in [0.05, 0.1) is 11.6 Å². The molecular formula is C15H16BrN3O2. The maximum atomic E-state index is 9.90. The summed E-state index contributed by atoms with van der Waals surface area (Å²) in [5, 5.41) is 13.0. The van der Waals surface area contributed by atoms with E-state index in [-0.39, 0.29) is 5.75 Å². The highest BCUT2D eigenvalue weighted by atomic mass is 79.9. The van der Waals surface area contributed by atoms with Crippen molar-refractivity contribution >= 4 is 21.7 Å². The number of aryl methyl sites for hydroxylation is 1. The highest BCUT2D eigenvalue weighted by Crippen LogP contribution is 2.38. The first-order valence-electron chi connectivity index (χ1n) is 6.78. The summed E-state index contributed by atoms with van der Waals surface area (Å²) in [5.74, 6) is 2.00. The van der Waals surface area contributed by atoms with Gasteiger partial charge in [-0.2, -0.15) is 0 Å². The van der Waals surface area contributed by atoms with Crippen LogP contribution in [0.1, 0.15) is 17.7 Å². The highest BCUT2D eigenvalue weighted by Gasteiger charge is 2.20. The van der Waals surface area contributed by atoms with Crippen molar-refractivity contribution in [1.29, 1.82) is 0 Å². The SMILES string of the molecule is CNc1nc(-c2cc(Br)c(O)c(OC)c2)nc2c1CCC2. The fourth-order valence-electron chi connectivity index (χ4n) is 2.63. The second kappa shape index (κ2) is 5.52. The fourth-order valence-corrected chi connectivity index (χ4v) is 3.07. The molecule has 5 nitrogen and oxygen atoms in total. The molecule has 0 fully saturated rings. The minimum atomic E-state index is 0.0799. The summed E-state index contributed by atoms with van der Waals surface area (Å²) in [6.07, 6.45) is 3.12. The van der Waals surface area contributed by atoms with Crippen LogP contribution in [0.3, 0.4) is 0 Å². The molecule has 21 heavy (non-hydrogen) atoms. The number of anilines is 1. The Balaban J connectivity index is 2.15. The summed E-state index contributed by atoms with van der Waals surface area (Å²) in [5.41, 5.74) is 3.13. The van der Waals surface area contributed by atoms with Crippen LogP contribution in [-0.4, -0.2) is 29.2 Å². The van der Waals surface area contributed by atoms with Crippen LogP contribution >= 0.6 is 15.9 Å². The number of phenolic OH excluding ortho intramolecular Hbond substituents is 1. The lowest BCUT2D eigenvalue weighted by Gasteiger charge is -2.11. The van der Waals surface area contributed by atoms with Crippen molar-refractivity contribution in [1.82, 2.24) is 9.97 Å². The van der Waals surface area contributed by atoms with E-state index in [4.69, 9.17) is 4.74 Å². The zero-order valence-corrected chi connectivity index (χ0v) is 13.5. The van der Waals surface area contributed by atoms with Gasteiger partial charge in [0.2, 0.25) is 0 Å². The predicted molar refractivity (Wildman–Crippen MR) is 85.0 cm³/mol. The van der Waals surface area contributed by atoms with Gasteiger partial charge in [0.15, 0.2) is 17.3 Å². The summed E-state index contributed by atoms with van der Waals surface area (Å²) < 4.78 is 5.75. The van der Waals surface area contributed by atoms with Gasteiger partial charge in [0, 0.05) is 23.9 Å². The van der Waals surface area contributed by atoms with E-state index < -0.39 is 0 Å². The number of hydrogen-bond donors (Lipinski definition) is 2. The molecule has 0 radical (unpaired) electrons. The molecule has 3 rings (SSSR count). The number of nitrogens with zero attached hydrogens (tertiary/aromatic N) is 2. The second-order valence-corrected chi connectivity index (χ2v) is 5.79. The number of halogens is 1. The summed E-state index contributed by atoms with van der Waals surface area (Å²) >= 11 is 3.33. The van der Waals surface area contributed by atoms with Crippen molar-refractivity contribution in [2.24, 2.45) is 0 Å². The first kappa shape index (κ1) is 14.1. The van der Waals surface area contributed by atoms with Gasteiger partial charge in [-0.3, -0.25) is 0 Å². The number of ether oxygens (including phenoxy) is 1. The predicted octanol–water partition coefficient (Wildman–Crippen LogP) is 3.15. The molecule has 1 aliphatic carbocycles. The molecule has 0 bridgehead atoms. The Bertz CT molecular complexity index is 704. The summed E-state index contributed by atoms with van der Waals surface area (Å²) in [6.45, 7) is 0. The molecule has 0 aliphatic heterocycles. The summed E-state index contributed by atoms with van der Waals surface area (Å²) in [6, 6.07) is 3.55. The number of methoxy groups -OCH3 is 1. The second-order valence-electron chi connectivity index (χ2n) is 4.93. The Morgan fingerprint density at radius 2 is 2.10 bits per heavy atom. The lowest BCUT2D eigenvalue weighted by atomic mass is 10.1. The Labute approximate surface area is 131 Å². The number of benzene rings is 1. The minimum Gasteiger partial charge on any atom is -0.503 e. The molecule has 0 unspecified atom stereocenters. The number of rotatable bonds is 3. The standard InChI is InChI=1S/C15H16BrN3O2/c1-17-15-9-4-3-5-11(9)18-14(19-15)8-6-10(16)13(20)12(7-8)21-2/h6-7,20H,3-5H2,1-2H3,(H,17,18,19). The molecule has 1 aromatic carbocycles. The average molecular weight is 350 g/mol. The Morgan fingerprint density at radius 3 is 2.81 bits per heavy atom. The molecule has 1 aromatic heterocycles. The van der Waals surface area contributed by atoms with Gasteiger partial charge < -0.3 is 15.2 Å². The summed E-state index contributed by atoms with van der Waals surface area (Å²) in [4.78, 5) is 9.27. The molecule has 0 spiro atoms. The molecule has 0 saturated heterocycles. The monoisotopic (exact) mass is 349 g/mol. The quantitative estimate of drug-likeness (QED) is 0.890. The molecule has 110 valence electrons. The first-order chi connectivity index (χ1) is 10.1. The van der Waals surface area contributed by atoms with E-state index in [1.807, 2.05) is 7.05 Å². The lowest BCUT2D eigenvalue weighted by Crippen LogP contribution is -2.03. The highest BCUT2D eigenvalue weighted by molar-refractivity contribution is 9.10. The summed E-state index contributed by atoms with van der Waals surface area (Å²) in [7, 11) is 3.39. The van der Waals surface area contributed by atoms with E-state index in [0.717, 1.165) is 36.3 Å². The van der Waals surface area contributed by atoms with Gasteiger partial charge in [0.1, 0.15) is 5.82 Å². The normalized spacial score (nSPS) is 13.1. The first-order valence-corrected chi connectivity index (χ1v) is 7.57. The van der Waals surface area contributed by atoms with Crippen molar-refractivity contribution in [3.05, 3.63) is 27.9 Å². The number of phenols is 1. The van der Waals surface area contributed by atoms with Crippen LogP contribution in [0.5, 0.6) is 11.5 Å². The smallest absolute Gasteiger partial charge is 0.172 e. The third-order valence-electron chi connectivity index (χ3n) is 3.68. The van der Waals surface area contributed by atoms with E-state index in [9.17, 15) is 5.11 Å². The third-order valence-corrected chi connectivity index (χ3v) is 4.28. The zero-order valence-electron chi connectivity index (χ0n) is 11.9. The van der Waals surface area contributed by atoms with E-state index >= 15 is 0 Å². The molecule has 6 heteroatoms. The maximum absolute atomic E-state index is 9.90. The van der Waals surface area contributed by atoms with Crippen molar-refractivity contribution in [3.63, 3.8) is 0 Å². The lowest BCUT2D eigenvalue weighted by molar-refractivity contribution is 0.372. The number of aromatic hydroxyl groups is 1. The number of fused-ring (bicyclic) bond motifs is 1. The zero-order chi connectivity index (χ0) is 15.0. The van der Waals surface area contributed by atoms with Gasteiger partial charge in [-0.25, -0.2) is 9.97 Å². The molecule has 0 amide bonds. The average Bonchev–Trinajstić information content (AvgIpc) is 2.97. The minimum absolute atomic E-state index is 0.0799. The molecular weight excluding hydrogens is 334 g/mol. The topological polar surface area (TPSA) is 67.3 Å². The van der Waals surface area contributed by atoms with E-state index in [2.05, 4.69) is 31.2 Å². The fraction of sp³-hybridized carbons (Fsp3) is 0.333. The molecule has 0 saturated carbocycles.